The Morgan fingerprint density at radius 3 is 2.78 bits per heavy atom. The van der Waals surface area contributed by atoms with Crippen LogP contribution in [-0.4, -0.2) is 46.2 Å². The van der Waals surface area contributed by atoms with Gasteiger partial charge in [0.2, 0.25) is 5.95 Å². The van der Waals surface area contributed by atoms with Crippen molar-refractivity contribution in [2.45, 2.75) is 13.3 Å². The summed E-state index contributed by atoms with van der Waals surface area (Å²) in [6, 6.07) is 3.58. The first-order valence-electron chi connectivity index (χ1n) is 8.95. The normalized spacial score (nSPS) is 21.4. The van der Waals surface area contributed by atoms with Gasteiger partial charge in [-0.05, 0) is 24.5 Å². The van der Waals surface area contributed by atoms with Gasteiger partial charge in [0.05, 0.1) is 47.8 Å². The van der Waals surface area contributed by atoms with Gasteiger partial charge in [0.1, 0.15) is 0 Å². The molecule has 2 N–H and O–H groups in total. The zero-order valence-electron chi connectivity index (χ0n) is 15.1. The number of carbonyl (C=O) groups is 1. The van der Waals surface area contributed by atoms with Crippen LogP contribution in [0.5, 0.6) is 0 Å². The van der Waals surface area contributed by atoms with Crippen molar-refractivity contribution in [3.63, 3.8) is 0 Å². The zero-order chi connectivity index (χ0) is 18.8. The number of carbonyl (C=O) groups excluding carboxylic acids is 1. The number of anilines is 3. The van der Waals surface area contributed by atoms with Crippen LogP contribution in [0.4, 0.5) is 17.3 Å². The molecule has 138 valence electrons. The summed E-state index contributed by atoms with van der Waals surface area (Å²) in [6.07, 6.45) is 9.38. The molecule has 0 aromatic carbocycles. The van der Waals surface area contributed by atoms with Crippen LogP contribution in [0.2, 0.25) is 0 Å². The monoisotopic (exact) mass is 363 g/mol. The third-order valence-electron chi connectivity index (χ3n) is 4.80. The minimum absolute atomic E-state index is 0.218. The smallest absolute Gasteiger partial charge is 0.262 e. The predicted molar refractivity (Wildman–Crippen MR) is 104 cm³/mol. The maximum atomic E-state index is 12.6. The van der Waals surface area contributed by atoms with Crippen molar-refractivity contribution >= 4 is 28.9 Å². The van der Waals surface area contributed by atoms with Crippen LogP contribution in [0.3, 0.4) is 0 Å². The summed E-state index contributed by atoms with van der Waals surface area (Å²) in [5.41, 5.74) is 1.96. The van der Waals surface area contributed by atoms with Crippen LogP contribution in [-0.2, 0) is 4.79 Å². The number of nitrogens with one attached hydrogen (secondary N) is 2. The molecule has 0 radical (unpaired) electrons. The quantitative estimate of drug-likeness (QED) is 0.807. The summed E-state index contributed by atoms with van der Waals surface area (Å²) in [4.78, 5) is 29.2. The minimum atomic E-state index is -0.218. The second kappa shape index (κ2) is 7.14. The molecule has 0 spiro atoms. The van der Waals surface area contributed by atoms with E-state index in [4.69, 9.17) is 5.41 Å². The maximum absolute atomic E-state index is 12.6. The molecular formula is C19H21N7O. The van der Waals surface area contributed by atoms with Crippen molar-refractivity contribution < 1.29 is 4.79 Å². The van der Waals surface area contributed by atoms with Crippen molar-refractivity contribution in [3.8, 4) is 0 Å². The van der Waals surface area contributed by atoms with E-state index in [0.717, 1.165) is 25.5 Å². The standard InChI is InChI=1S/C19H21N7O/c1-13-4-6-25(11-13)19-23-7-14(8-24-19)22-10-16-17(20)12-26(18(16)27)15-3-2-5-21-9-15/h2-3,5,7-10,13,20,22H,4,6,11-12H2,1H3/b16-10+,20-17?. The lowest BCUT2D eigenvalue weighted by molar-refractivity contribution is -0.114. The lowest BCUT2D eigenvalue weighted by Crippen LogP contribution is -2.25. The van der Waals surface area contributed by atoms with Gasteiger partial charge in [0, 0.05) is 25.5 Å². The fourth-order valence-corrected chi connectivity index (χ4v) is 3.29. The summed E-state index contributed by atoms with van der Waals surface area (Å²) >= 11 is 0. The Morgan fingerprint density at radius 1 is 1.30 bits per heavy atom. The predicted octanol–water partition coefficient (Wildman–Crippen LogP) is 2.08. The van der Waals surface area contributed by atoms with Gasteiger partial charge in [0.15, 0.2) is 0 Å². The Bertz CT molecular complexity index is 879. The number of nitrogens with zero attached hydrogens (tertiary/aromatic N) is 5. The highest BCUT2D eigenvalue weighted by Crippen LogP contribution is 2.23. The van der Waals surface area contributed by atoms with Gasteiger partial charge < -0.3 is 20.5 Å². The molecule has 2 saturated heterocycles. The third-order valence-corrected chi connectivity index (χ3v) is 4.80. The SMILES string of the molecule is CC1CCN(c2ncc(N/C=C3\C(=N)CN(c4cccnc4)C3=O)cn2)C1. The molecule has 27 heavy (non-hydrogen) atoms. The summed E-state index contributed by atoms with van der Waals surface area (Å²) in [7, 11) is 0. The molecule has 2 aromatic heterocycles. The Hall–Kier alpha value is -3.29. The van der Waals surface area contributed by atoms with E-state index in [9.17, 15) is 4.79 Å². The molecule has 0 aliphatic carbocycles. The molecule has 2 aliphatic rings. The molecule has 2 aromatic rings. The summed E-state index contributed by atoms with van der Waals surface area (Å²) in [6.45, 7) is 4.42. The first-order valence-corrected chi connectivity index (χ1v) is 8.95. The van der Waals surface area contributed by atoms with Gasteiger partial charge in [-0.25, -0.2) is 9.97 Å². The van der Waals surface area contributed by atoms with Gasteiger partial charge in [-0.15, -0.1) is 0 Å². The van der Waals surface area contributed by atoms with Crippen molar-refractivity contribution in [1.29, 1.82) is 5.41 Å². The topological polar surface area (TPSA) is 98.1 Å². The summed E-state index contributed by atoms with van der Waals surface area (Å²) < 4.78 is 0. The lowest BCUT2D eigenvalue weighted by Gasteiger charge is -2.15. The Morgan fingerprint density at radius 2 is 2.11 bits per heavy atom. The highest BCUT2D eigenvalue weighted by atomic mass is 16.2. The minimum Gasteiger partial charge on any atom is -0.358 e. The van der Waals surface area contributed by atoms with E-state index in [2.05, 4.69) is 32.1 Å². The molecule has 1 amide bonds. The highest BCUT2D eigenvalue weighted by Gasteiger charge is 2.32. The fraction of sp³-hybridized carbons (Fsp3) is 0.316. The lowest BCUT2D eigenvalue weighted by atomic mass is 10.2. The fourth-order valence-electron chi connectivity index (χ4n) is 3.29. The number of hydrogen-bond donors (Lipinski definition) is 2. The average molecular weight is 363 g/mol. The number of rotatable bonds is 4. The molecular weight excluding hydrogens is 342 g/mol. The summed E-state index contributed by atoms with van der Waals surface area (Å²) in [5.74, 6) is 1.17. The number of aromatic nitrogens is 3. The molecule has 8 nitrogen and oxygen atoms in total. The summed E-state index contributed by atoms with van der Waals surface area (Å²) in [5, 5.41) is 11.2. The van der Waals surface area contributed by atoms with Gasteiger partial charge >= 0.3 is 0 Å². The van der Waals surface area contributed by atoms with E-state index in [1.54, 1.807) is 43.1 Å². The van der Waals surface area contributed by atoms with E-state index in [-0.39, 0.29) is 18.2 Å². The van der Waals surface area contributed by atoms with E-state index in [1.807, 2.05) is 0 Å². The zero-order valence-corrected chi connectivity index (χ0v) is 15.1. The average Bonchev–Trinajstić information content (AvgIpc) is 3.25. The van der Waals surface area contributed by atoms with Crippen molar-refractivity contribution in [3.05, 3.63) is 48.7 Å². The van der Waals surface area contributed by atoms with Gasteiger partial charge in [-0.1, -0.05) is 6.92 Å². The number of pyridine rings is 1. The highest BCUT2D eigenvalue weighted by molar-refractivity contribution is 6.32. The number of hydrogen-bond acceptors (Lipinski definition) is 7. The largest absolute Gasteiger partial charge is 0.358 e. The Balaban J connectivity index is 1.45. The number of amides is 1. The van der Waals surface area contributed by atoms with Crippen LogP contribution >= 0.6 is 0 Å². The molecule has 1 unspecified atom stereocenters. The maximum Gasteiger partial charge on any atom is 0.262 e. The van der Waals surface area contributed by atoms with Crippen LogP contribution in [0.25, 0.3) is 0 Å². The molecule has 2 fully saturated rings. The second-order valence-electron chi connectivity index (χ2n) is 6.90. The first kappa shape index (κ1) is 17.1. The molecule has 4 rings (SSSR count). The van der Waals surface area contributed by atoms with Gasteiger partial charge in [-0.2, -0.15) is 0 Å². The van der Waals surface area contributed by atoms with E-state index in [0.29, 0.717) is 22.9 Å². The van der Waals surface area contributed by atoms with Crippen LogP contribution in [0.1, 0.15) is 13.3 Å². The molecule has 2 aliphatic heterocycles. The van der Waals surface area contributed by atoms with Crippen LogP contribution in [0, 0.1) is 11.3 Å². The molecule has 4 heterocycles. The van der Waals surface area contributed by atoms with Gasteiger partial charge in [0.25, 0.3) is 5.91 Å². The molecule has 1 atom stereocenters. The molecule has 0 bridgehead atoms. The van der Waals surface area contributed by atoms with Gasteiger partial charge in [-0.3, -0.25) is 9.78 Å². The first-order chi connectivity index (χ1) is 13.1. The molecule has 8 heteroatoms. The van der Waals surface area contributed by atoms with Crippen LogP contribution in [0.15, 0.2) is 48.7 Å². The van der Waals surface area contributed by atoms with Crippen molar-refractivity contribution in [2.24, 2.45) is 5.92 Å². The second-order valence-corrected chi connectivity index (χ2v) is 6.90. The van der Waals surface area contributed by atoms with Crippen molar-refractivity contribution in [1.82, 2.24) is 15.0 Å². The van der Waals surface area contributed by atoms with E-state index in [1.165, 1.54) is 4.90 Å². The third kappa shape index (κ3) is 3.51. The van der Waals surface area contributed by atoms with E-state index < -0.39 is 0 Å². The molecule has 0 saturated carbocycles. The van der Waals surface area contributed by atoms with E-state index >= 15 is 0 Å². The van der Waals surface area contributed by atoms with Crippen LogP contribution < -0.4 is 15.1 Å². The van der Waals surface area contributed by atoms with Crippen molar-refractivity contribution in [2.75, 3.05) is 34.8 Å². The Labute approximate surface area is 157 Å². The Kier molecular flexibility index (Phi) is 4.53.